The van der Waals surface area contributed by atoms with E-state index in [1.807, 2.05) is 97.3 Å². The molecule has 5 aromatic carbocycles. The SMILES string of the molecule is O=C(NCc1ccccc1-c1ccc([C@H]2O[C@@H](Cn3cnc4ccccc43)C[C@@H](c3ccc(CO)cc3)O2)cc1)c1ccccc1. The highest BCUT2D eigenvalue weighted by molar-refractivity contribution is 5.94. The monoisotopic (exact) mass is 609 g/mol. The number of aliphatic hydroxyl groups is 1. The second-order valence-electron chi connectivity index (χ2n) is 11.6. The number of hydrogen-bond donors (Lipinski definition) is 2. The van der Waals surface area contributed by atoms with Gasteiger partial charge in [-0.05, 0) is 52.1 Å². The Balaban J connectivity index is 1.12. The summed E-state index contributed by atoms with van der Waals surface area (Å²) in [5.74, 6) is -0.101. The minimum atomic E-state index is -0.564. The summed E-state index contributed by atoms with van der Waals surface area (Å²) in [6, 6.07) is 41.7. The first kappa shape index (κ1) is 29.6. The number of imidazole rings is 1. The smallest absolute Gasteiger partial charge is 0.251 e. The Morgan fingerprint density at radius 3 is 2.33 bits per heavy atom. The van der Waals surface area contributed by atoms with Gasteiger partial charge in [0.05, 0.1) is 42.7 Å². The standard InChI is InChI=1S/C39H35N3O4/c43-25-27-14-16-29(17-15-27)37-22-33(24-42-26-41-35-12-6-7-13-36(35)42)45-39(46-37)31-20-18-28(19-21-31)34-11-5-4-10-32(34)23-40-38(44)30-8-2-1-3-9-30/h1-21,26,33,37,39,43H,22-25H2,(H,40,44)/t33-,37+,39+/m1/s1. The summed E-state index contributed by atoms with van der Waals surface area (Å²) in [6.45, 7) is 1.07. The van der Waals surface area contributed by atoms with E-state index in [0.29, 0.717) is 25.1 Å². The van der Waals surface area contributed by atoms with Gasteiger partial charge in [-0.15, -0.1) is 0 Å². The lowest BCUT2D eigenvalue weighted by molar-refractivity contribution is -0.252. The number of hydrogen-bond acceptors (Lipinski definition) is 5. The van der Waals surface area contributed by atoms with Crippen LogP contribution in [-0.4, -0.2) is 26.7 Å². The fraction of sp³-hybridized carbons (Fsp3) is 0.179. The average Bonchev–Trinajstić information content (AvgIpc) is 3.53. The van der Waals surface area contributed by atoms with E-state index in [1.54, 1.807) is 0 Å². The molecule has 1 fully saturated rings. The van der Waals surface area contributed by atoms with Crippen LogP contribution in [0.3, 0.4) is 0 Å². The number of carbonyl (C=O) groups excluding carboxylic acids is 1. The zero-order chi connectivity index (χ0) is 31.3. The quantitative estimate of drug-likeness (QED) is 0.179. The molecule has 7 nitrogen and oxygen atoms in total. The van der Waals surface area contributed by atoms with Crippen molar-refractivity contribution in [2.45, 2.75) is 44.6 Å². The highest BCUT2D eigenvalue weighted by Gasteiger charge is 2.32. The first-order chi connectivity index (χ1) is 22.6. The first-order valence-corrected chi connectivity index (χ1v) is 15.6. The minimum Gasteiger partial charge on any atom is -0.392 e. The van der Waals surface area contributed by atoms with Crippen LogP contribution in [-0.2, 0) is 29.2 Å². The van der Waals surface area contributed by atoms with E-state index in [0.717, 1.165) is 44.4 Å². The average molecular weight is 610 g/mol. The number of para-hydroxylation sites is 2. The van der Waals surface area contributed by atoms with Crippen molar-refractivity contribution in [3.05, 3.63) is 162 Å². The van der Waals surface area contributed by atoms with Gasteiger partial charge in [-0.2, -0.15) is 0 Å². The van der Waals surface area contributed by atoms with Crippen molar-refractivity contribution >= 4 is 16.9 Å². The molecule has 0 aliphatic carbocycles. The summed E-state index contributed by atoms with van der Waals surface area (Å²) in [5.41, 5.74) is 8.64. The lowest BCUT2D eigenvalue weighted by atomic mass is 9.97. The zero-order valence-electron chi connectivity index (χ0n) is 25.3. The van der Waals surface area contributed by atoms with Crippen molar-refractivity contribution in [2.75, 3.05) is 0 Å². The second-order valence-corrected chi connectivity index (χ2v) is 11.6. The van der Waals surface area contributed by atoms with Gasteiger partial charge in [-0.1, -0.05) is 103 Å². The lowest BCUT2D eigenvalue weighted by Crippen LogP contribution is -2.32. The summed E-state index contributed by atoms with van der Waals surface area (Å²) < 4.78 is 15.3. The van der Waals surface area contributed by atoms with Gasteiger partial charge >= 0.3 is 0 Å². The molecule has 1 amide bonds. The highest BCUT2D eigenvalue weighted by atomic mass is 16.7. The Labute approximate surface area is 268 Å². The Hall–Kier alpha value is -5.08. The van der Waals surface area contributed by atoms with Gasteiger partial charge < -0.3 is 24.5 Å². The topological polar surface area (TPSA) is 85.6 Å². The number of fused-ring (bicyclic) bond motifs is 1. The minimum absolute atomic E-state index is 0.00272. The molecule has 230 valence electrons. The van der Waals surface area contributed by atoms with Gasteiger partial charge in [-0.25, -0.2) is 4.98 Å². The molecule has 0 saturated carbocycles. The summed E-state index contributed by atoms with van der Waals surface area (Å²) in [4.78, 5) is 17.3. The summed E-state index contributed by atoms with van der Waals surface area (Å²) >= 11 is 0. The highest BCUT2D eigenvalue weighted by Crippen LogP contribution is 2.39. The van der Waals surface area contributed by atoms with Gasteiger partial charge in [0.25, 0.3) is 5.91 Å². The third kappa shape index (κ3) is 6.48. The van der Waals surface area contributed by atoms with E-state index >= 15 is 0 Å². The number of nitrogens with one attached hydrogen (secondary N) is 1. The van der Waals surface area contributed by atoms with Crippen LogP contribution in [0.25, 0.3) is 22.2 Å². The van der Waals surface area contributed by atoms with E-state index in [-0.39, 0.29) is 24.7 Å². The molecule has 2 N–H and O–H groups in total. The third-order valence-corrected chi connectivity index (χ3v) is 8.53. The van der Waals surface area contributed by atoms with Crippen molar-refractivity contribution in [1.82, 2.24) is 14.9 Å². The van der Waals surface area contributed by atoms with Crippen molar-refractivity contribution in [3.8, 4) is 11.1 Å². The first-order valence-electron chi connectivity index (χ1n) is 15.6. The van der Waals surface area contributed by atoms with Gasteiger partial charge in [-0.3, -0.25) is 4.79 Å². The molecule has 0 unspecified atom stereocenters. The normalized spacial score (nSPS) is 18.0. The van der Waals surface area contributed by atoms with Gasteiger partial charge in [0.1, 0.15) is 0 Å². The fourth-order valence-electron chi connectivity index (χ4n) is 6.05. The summed E-state index contributed by atoms with van der Waals surface area (Å²) in [7, 11) is 0. The second kappa shape index (κ2) is 13.5. The lowest BCUT2D eigenvalue weighted by Gasteiger charge is -2.36. The van der Waals surface area contributed by atoms with Crippen LogP contribution in [0.1, 0.15) is 51.4 Å². The van der Waals surface area contributed by atoms with Crippen molar-refractivity contribution in [1.29, 1.82) is 0 Å². The van der Waals surface area contributed by atoms with E-state index in [9.17, 15) is 9.90 Å². The number of benzene rings is 5. The van der Waals surface area contributed by atoms with Gasteiger partial charge in [0.2, 0.25) is 0 Å². The van der Waals surface area contributed by atoms with E-state index in [4.69, 9.17) is 9.47 Å². The summed E-state index contributed by atoms with van der Waals surface area (Å²) in [6.07, 6.45) is 1.69. The number of aromatic nitrogens is 2. The molecular formula is C39H35N3O4. The molecule has 1 aromatic heterocycles. The largest absolute Gasteiger partial charge is 0.392 e. The maximum Gasteiger partial charge on any atom is 0.251 e. The van der Waals surface area contributed by atoms with Crippen LogP contribution >= 0.6 is 0 Å². The Kier molecular flexibility index (Phi) is 8.69. The number of carbonyl (C=O) groups is 1. The van der Waals surface area contributed by atoms with Crippen LogP contribution in [0.2, 0.25) is 0 Å². The maximum absolute atomic E-state index is 12.7. The molecule has 3 atom stereocenters. The molecule has 0 radical (unpaired) electrons. The Morgan fingerprint density at radius 1 is 0.804 bits per heavy atom. The molecule has 2 heterocycles. The molecule has 1 saturated heterocycles. The number of nitrogens with zero attached hydrogens (tertiary/aromatic N) is 2. The molecular weight excluding hydrogens is 574 g/mol. The van der Waals surface area contributed by atoms with Gasteiger partial charge in [0, 0.05) is 24.1 Å². The number of amides is 1. The molecule has 46 heavy (non-hydrogen) atoms. The Morgan fingerprint density at radius 2 is 1.52 bits per heavy atom. The molecule has 1 aliphatic rings. The van der Waals surface area contributed by atoms with E-state index in [2.05, 4.69) is 51.3 Å². The van der Waals surface area contributed by atoms with Crippen LogP contribution in [0, 0.1) is 0 Å². The third-order valence-electron chi connectivity index (χ3n) is 8.53. The zero-order valence-corrected chi connectivity index (χ0v) is 25.3. The summed E-state index contributed by atoms with van der Waals surface area (Å²) in [5, 5.41) is 12.6. The predicted molar refractivity (Wildman–Crippen MR) is 178 cm³/mol. The molecule has 7 rings (SSSR count). The fourth-order valence-corrected chi connectivity index (χ4v) is 6.05. The van der Waals surface area contributed by atoms with Crippen molar-refractivity contribution in [3.63, 3.8) is 0 Å². The van der Waals surface area contributed by atoms with Crippen molar-refractivity contribution < 1.29 is 19.4 Å². The van der Waals surface area contributed by atoms with Crippen LogP contribution in [0.5, 0.6) is 0 Å². The van der Waals surface area contributed by atoms with E-state index < -0.39 is 6.29 Å². The molecule has 6 aromatic rings. The predicted octanol–water partition coefficient (Wildman–Crippen LogP) is 7.37. The molecule has 0 spiro atoms. The van der Waals surface area contributed by atoms with Crippen LogP contribution in [0.4, 0.5) is 0 Å². The van der Waals surface area contributed by atoms with Crippen LogP contribution < -0.4 is 5.32 Å². The number of ether oxygens (including phenoxy) is 2. The number of aliphatic hydroxyl groups excluding tert-OH is 1. The van der Waals surface area contributed by atoms with E-state index in [1.165, 1.54) is 0 Å². The van der Waals surface area contributed by atoms with Gasteiger partial charge in [0.15, 0.2) is 6.29 Å². The molecule has 0 bridgehead atoms. The Bertz CT molecular complexity index is 1920. The number of rotatable bonds is 9. The van der Waals surface area contributed by atoms with Crippen LogP contribution in [0.15, 0.2) is 134 Å². The van der Waals surface area contributed by atoms with Crippen molar-refractivity contribution in [2.24, 2.45) is 0 Å². The molecule has 7 heteroatoms. The maximum atomic E-state index is 12.7. The molecule has 1 aliphatic heterocycles.